The van der Waals surface area contributed by atoms with Crippen molar-refractivity contribution in [3.63, 3.8) is 0 Å². The lowest BCUT2D eigenvalue weighted by Crippen LogP contribution is -2.39. The maximum atomic E-state index is 12.0. The highest BCUT2D eigenvalue weighted by Crippen LogP contribution is 2.27. The van der Waals surface area contributed by atoms with Crippen molar-refractivity contribution in [3.05, 3.63) is 47.7 Å². The summed E-state index contributed by atoms with van der Waals surface area (Å²) in [6, 6.07) is 9.44. The Labute approximate surface area is 149 Å². The first kappa shape index (κ1) is 17.7. The molecule has 3 rings (SSSR count). The first-order chi connectivity index (χ1) is 11.8. The van der Waals surface area contributed by atoms with Gasteiger partial charge in [0.1, 0.15) is 22.6 Å². The molecule has 134 valence electrons. The number of pyridine rings is 1. The van der Waals surface area contributed by atoms with E-state index < -0.39 is 9.84 Å². The van der Waals surface area contributed by atoms with Crippen LogP contribution in [0.2, 0.25) is 0 Å². The molecule has 1 aromatic carbocycles. The number of aryl methyl sites for hydroxylation is 2. The molecule has 1 saturated heterocycles. The number of anilines is 1. The molecule has 5 nitrogen and oxygen atoms in total. The lowest BCUT2D eigenvalue weighted by Gasteiger charge is -2.33. The van der Waals surface area contributed by atoms with Gasteiger partial charge >= 0.3 is 0 Å². The molecule has 0 spiro atoms. The van der Waals surface area contributed by atoms with Gasteiger partial charge in [0.2, 0.25) is 0 Å². The topological polar surface area (TPSA) is 59.5 Å². The predicted molar refractivity (Wildman–Crippen MR) is 99.1 cm³/mol. The van der Waals surface area contributed by atoms with Crippen LogP contribution in [0.3, 0.4) is 0 Å². The van der Waals surface area contributed by atoms with Crippen molar-refractivity contribution in [1.82, 2.24) is 4.98 Å². The fourth-order valence-electron chi connectivity index (χ4n) is 3.07. The summed E-state index contributed by atoms with van der Waals surface area (Å²) in [6.07, 6.45) is 4.69. The Kier molecular flexibility index (Phi) is 4.99. The zero-order valence-electron chi connectivity index (χ0n) is 14.9. The van der Waals surface area contributed by atoms with E-state index in [1.807, 2.05) is 11.0 Å². The Hall–Kier alpha value is -2.08. The molecule has 0 atom stereocenters. The molecule has 1 aliphatic heterocycles. The van der Waals surface area contributed by atoms with E-state index in [0.717, 1.165) is 31.7 Å². The number of benzene rings is 1. The van der Waals surface area contributed by atoms with Gasteiger partial charge in [0, 0.05) is 38.4 Å². The summed E-state index contributed by atoms with van der Waals surface area (Å²) >= 11 is 0. The first-order valence-electron chi connectivity index (χ1n) is 8.48. The molecule has 2 aromatic rings. The minimum atomic E-state index is -3.29. The van der Waals surface area contributed by atoms with Crippen LogP contribution in [-0.2, 0) is 9.84 Å². The van der Waals surface area contributed by atoms with E-state index in [1.54, 1.807) is 18.3 Å². The summed E-state index contributed by atoms with van der Waals surface area (Å²) in [5.41, 5.74) is 2.48. The summed E-state index contributed by atoms with van der Waals surface area (Å²) in [5, 5.41) is 0. The minimum absolute atomic E-state index is 0.142. The molecule has 2 heterocycles. The van der Waals surface area contributed by atoms with Gasteiger partial charge in [-0.05, 0) is 49.2 Å². The van der Waals surface area contributed by atoms with Crippen LogP contribution in [-0.4, -0.2) is 38.9 Å². The molecule has 1 fully saturated rings. The molecule has 0 radical (unpaired) electrons. The number of sulfone groups is 1. The van der Waals surface area contributed by atoms with Crippen LogP contribution in [0.1, 0.15) is 24.0 Å². The second-order valence-corrected chi connectivity index (χ2v) is 8.63. The summed E-state index contributed by atoms with van der Waals surface area (Å²) in [4.78, 5) is 6.64. The van der Waals surface area contributed by atoms with Crippen LogP contribution in [0.5, 0.6) is 5.75 Å². The van der Waals surface area contributed by atoms with E-state index >= 15 is 0 Å². The summed E-state index contributed by atoms with van der Waals surface area (Å²) in [5.74, 6) is 1.45. The highest BCUT2D eigenvalue weighted by molar-refractivity contribution is 7.90. The molecular formula is C19H24N2O3S. The molecule has 0 bridgehead atoms. The van der Waals surface area contributed by atoms with Gasteiger partial charge < -0.3 is 9.64 Å². The number of hydrogen-bond acceptors (Lipinski definition) is 5. The van der Waals surface area contributed by atoms with Crippen molar-refractivity contribution in [3.8, 4) is 5.75 Å². The Morgan fingerprint density at radius 3 is 2.48 bits per heavy atom. The zero-order valence-corrected chi connectivity index (χ0v) is 15.7. The van der Waals surface area contributed by atoms with Crippen LogP contribution in [0.25, 0.3) is 0 Å². The molecule has 0 saturated carbocycles. The van der Waals surface area contributed by atoms with E-state index in [0.29, 0.717) is 10.7 Å². The smallest absolute Gasteiger partial charge is 0.179 e. The van der Waals surface area contributed by atoms with Crippen molar-refractivity contribution in [2.75, 3.05) is 24.2 Å². The normalized spacial score (nSPS) is 16.0. The molecule has 25 heavy (non-hydrogen) atoms. The molecule has 0 unspecified atom stereocenters. The molecule has 6 heteroatoms. The highest BCUT2D eigenvalue weighted by atomic mass is 32.2. The first-order valence-corrected chi connectivity index (χ1v) is 10.4. The number of nitrogens with zero attached hydrogens (tertiary/aromatic N) is 2. The second-order valence-electron chi connectivity index (χ2n) is 6.65. The van der Waals surface area contributed by atoms with Gasteiger partial charge in [-0.1, -0.05) is 6.07 Å². The quantitative estimate of drug-likeness (QED) is 0.838. The largest absolute Gasteiger partial charge is 0.490 e. The van der Waals surface area contributed by atoms with E-state index in [9.17, 15) is 8.42 Å². The van der Waals surface area contributed by atoms with Crippen LogP contribution in [0, 0.1) is 13.8 Å². The summed E-state index contributed by atoms with van der Waals surface area (Å²) in [6.45, 7) is 5.63. The Morgan fingerprint density at radius 2 is 1.84 bits per heavy atom. The fourth-order valence-corrected chi connectivity index (χ4v) is 3.91. The minimum Gasteiger partial charge on any atom is -0.490 e. The second kappa shape index (κ2) is 7.04. The van der Waals surface area contributed by atoms with E-state index in [2.05, 4.69) is 31.0 Å². The van der Waals surface area contributed by atoms with E-state index in [-0.39, 0.29) is 6.10 Å². The average Bonchev–Trinajstić information content (AvgIpc) is 2.58. The molecular weight excluding hydrogens is 336 g/mol. The lowest BCUT2D eigenvalue weighted by atomic mass is 10.1. The number of rotatable bonds is 4. The molecule has 1 aromatic heterocycles. The summed E-state index contributed by atoms with van der Waals surface area (Å²) < 4.78 is 30.0. The predicted octanol–water partition coefficient (Wildman–Crippen LogP) is 3.15. The number of hydrogen-bond donors (Lipinski definition) is 0. The Morgan fingerprint density at radius 1 is 1.12 bits per heavy atom. The monoisotopic (exact) mass is 360 g/mol. The van der Waals surface area contributed by atoms with Gasteiger partial charge in [0.05, 0.1) is 0 Å². The SMILES string of the molecule is Cc1ccc(OC2CCN(c3ncccc3S(C)(=O)=O)CC2)cc1C. The average molecular weight is 360 g/mol. The highest BCUT2D eigenvalue weighted by Gasteiger charge is 2.25. The maximum Gasteiger partial charge on any atom is 0.179 e. The molecule has 0 aliphatic carbocycles. The Balaban J connectivity index is 1.67. The van der Waals surface area contributed by atoms with Gasteiger partial charge in [0.25, 0.3) is 0 Å². The van der Waals surface area contributed by atoms with Crippen LogP contribution < -0.4 is 9.64 Å². The van der Waals surface area contributed by atoms with Gasteiger partial charge in [-0.15, -0.1) is 0 Å². The number of ether oxygens (including phenoxy) is 1. The van der Waals surface area contributed by atoms with Crippen molar-refractivity contribution in [1.29, 1.82) is 0 Å². The van der Waals surface area contributed by atoms with Crippen molar-refractivity contribution in [2.24, 2.45) is 0 Å². The van der Waals surface area contributed by atoms with Crippen LogP contribution >= 0.6 is 0 Å². The molecule has 1 aliphatic rings. The van der Waals surface area contributed by atoms with Crippen molar-refractivity contribution >= 4 is 15.7 Å². The fraction of sp³-hybridized carbons (Fsp3) is 0.421. The Bertz CT molecular complexity index is 857. The molecule has 0 amide bonds. The lowest BCUT2D eigenvalue weighted by molar-refractivity contribution is 0.170. The van der Waals surface area contributed by atoms with Crippen LogP contribution in [0.15, 0.2) is 41.4 Å². The van der Waals surface area contributed by atoms with Gasteiger partial charge in [-0.25, -0.2) is 13.4 Å². The van der Waals surface area contributed by atoms with Crippen LogP contribution in [0.4, 0.5) is 5.82 Å². The van der Waals surface area contributed by atoms with E-state index in [4.69, 9.17) is 4.74 Å². The van der Waals surface area contributed by atoms with Gasteiger partial charge in [-0.2, -0.15) is 0 Å². The maximum absolute atomic E-state index is 12.0. The van der Waals surface area contributed by atoms with Gasteiger partial charge in [-0.3, -0.25) is 0 Å². The number of aromatic nitrogens is 1. The zero-order chi connectivity index (χ0) is 18.0. The third-order valence-electron chi connectivity index (χ3n) is 4.67. The van der Waals surface area contributed by atoms with E-state index in [1.165, 1.54) is 17.4 Å². The molecule has 0 N–H and O–H groups in total. The third-order valence-corrected chi connectivity index (χ3v) is 5.79. The summed E-state index contributed by atoms with van der Waals surface area (Å²) in [7, 11) is -3.29. The van der Waals surface area contributed by atoms with Gasteiger partial charge in [0.15, 0.2) is 9.84 Å². The third kappa shape index (κ3) is 4.12. The van der Waals surface area contributed by atoms with Crippen molar-refractivity contribution < 1.29 is 13.2 Å². The standard InChI is InChI=1S/C19H24N2O3S/c1-14-6-7-17(13-15(14)2)24-16-8-11-21(12-9-16)19-18(25(3,22)23)5-4-10-20-19/h4-7,10,13,16H,8-9,11-12H2,1-3H3. The number of piperidine rings is 1. The van der Waals surface area contributed by atoms with Crippen molar-refractivity contribution in [2.45, 2.75) is 37.7 Å².